The lowest BCUT2D eigenvalue weighted by Gasteiger charge is -2.13. The van der Waals surface area contributed by atoms with Gasteiger partial charge >= 0.3 is 0 Å². The Morgan fingerprint density at radius 1 is 1.21 bits per heavy atom. The monoisotopic (exact) mass is 561 g/mol. The average Bonchev–Trinajstić information content (AvgIpc) is 2.97. The molecule has 0 aromatic heterocycles. The van der Waals surface area contributed by atoms with E-state index in [4.69, 9.17) is 21.1 Å². The maximum atomic E-state index is 12.7. The van der Waals surface area contributed by atoms with Crippen molar-refractivity contribution in [1.82, 2.24) is 4.90 Å². The summed E-state index contributed by atoms with van der Waals surface area (Å²) in [5, 5.41) is 10.2. The standard InChI is InChI=1S/C19H14Br2ClNO5S/c1-27-13-8-10(15(20)16(21)17(13)24)9-14-18(25)23(19(26)29-14)6-7-28-12-4-2-11(22)3-5-12/h2-5,8-9,24H,6-7H2,1H3/b14-9-. The van der Waals surface area contributed by atoms with Gasteiger partial charge in [0.2, 0.25) is 0 Å². The maximum absolute atomic E-state index is 12.7. The molecule has 0 radical (unpaired) electrons. The molecule has 2 amide bonds. The van der Waals surface area contributed by atoms with Gasteiger partial charge in [-0.2, -0.15) is 0 Å². The second kappa shape index (κ2) is 9.42. The largest absolute Gasteiger partial charge is 0.503 e. The molecule has 0 aliphatic carbocycles. The van der Waals surface area contributed by atoms with E-state index in [1.54, 1.807) is 36.4 Å². The molecule has 1 aliphatic rings. The van der Waals surface area contributed by atoms with Gasteiger partial charge in [0.25, 0.3) is 11.1 Å². The number of thioether (sulfide) groups is 1. The topological polar surface area (TPSA) is 76.1 Å². The molecule has 0 atom stereocenters. The number of carbonyl (C=O) groups excluding carboxylic acids is 2. The van der Waals surface area contributed by atoms with Crippen LogP contribution < -0.4 is 9.47 Å². The first-order valence-corrected chi connectivity index (χ1v) is 11.0. The van der Waals surface area contributed by atoms with E-state index in [2.05, 4.69) is 31.9 Å². The lowest BCUT2D eigenvalue weighted by molar-refractivity contribution is -0.123. The number of amides is 2. The Morgan fingerprint density at radius 2 is 1.90 bits per heavy atom. The predicted octanol–water partition coefficient (Wildman–Crippen LogP) is 5.69. The van der Waals surface area contributed by atoms with Crippen LogP contribution in [0, 0.1) is 0 Å². The van der Waals surface area contributed by atoms with Gasteiger partial charge in [-0.25, -0.2) is 0 Å². The van der Waals surface area contributed by atoms with Crippen LogP contribution in [0.3, 0.4) is 0 Å². The van der Waals surface area contributed by atoms with Crippen molar-refractivity contribution in [2.75, 3.05) is 20.3 Å². The molecule has 6 nitrogen and oxygen atoms in total. The minimum Gasteiger partial charge on any atom is -0.503 e. The maximum Gasteiger partial charge on any atom is 0.293 e. The molecule has 1 aliphatic heterocycles. The van der Waals surface area contributed by atoms with Crippen LogP contribution in [-0.2, 0) is 4.79 Å². The van der Waals surface area contributed by atoms with E-state index in [0.717, 1.165) is 16.7 Å². The number of halogens is 3. The van der Waals surface area contributed by atoms with Crippen molar-refractivity contribution in [2.24, 2.45) is 0 Å². The molecule has 2 aromatic rings. The molecule has 0 saturated carbocycles. The molecule has 10 heteroatoms. The summed E-state index contributed by atoms with van der Waals surface area (Å²) < 4.78 is 11.6. The highest BCUT2D eigenvalue weighted by Gasteiger charge is 2.35. The molecule has 29 heavy (non-hydrogen) atoms. The van der Waals surface area contributed by atoms with E-state index < -0.39 is 5.91 Å². The summed E-state index contributed by atoms with van der Waals surface area (Å²) in [4.78, 5) is 26.3. The van der Waals surface area contributed by atoms with Gasteiger partial charge in [0.05, 0.1) is 23.0 Å². The van der Waals surface area contributed by atoms with Gasteiger partial charge in [-0.05, 0) is 85.6 Å². The third kappa shape index (κ3) is 4.91. The molecule has 0 unspecified atom stereocenters. The Kier molecular flexibility index (Phi) is 7.15. The zero-order valence-electron chi connectivity index (χ0n) is 14.9. The van der Waals surface area contributed by atoms with Gasteiger partial charge in [-0.15, -0.1) is 0 Å². The first-order chi connectivity index (χ1) is 13.8. The molecule has 2 aromatic carbocycles. The minimum absolute atomic E-state index is 0.0658. The number of hydrogen-bond donors (Lipinski definition) is 1. The number of hydrogen-bond acceptors (Lipinski definition) is 6. The fourth-order valence-corrected chi connectivity index (χ4v) is 4.31. The fourth-order valence-electron chi connectivity index (χ4n) is 2.49. The quantitative estimate of drug-likeness (QED) is 0.455. The van der Waals surface area contributed by atoms with Gasteiger partial charge in [-0.1, -0.05) is 11.6 Å². The summed E-state index contributed by atoms with van der Waals surface area (Å²) in [6, 6.07) is 8.39. The average molecular weight is 564 g/mol. The van der Waals surface area contributed by atoms with Crippen LogP contribution in [0.15, 0.2) is 44.2 Å². The second-order valence-corrected chi connectivity index (χ2v) is 8.80. The number of imide groups is 1. The summed E-state index contributed by atoms with van der Waals surface area (Å²) in [5.41, 5.74) is 0.578. The summed E-state index contributed by atoms with van der Waals surface area (Å²) >= 11 is 13.3. The minimum atomic E-state index is -0.408. The highest BCUT2D eigenvalue weighted by Crippen LogP contribution is 2.43. The number of carbonyl (C=O) groups is 2. The van der Waals surface area contributed by atoms with Crippen LogP contribution in [0.5, 0.6) is 17.2 Å². The van der Waals surface area contributed by atoms with E-state index in [9.17, 15) is 14.7 Å². The molecule has 1 N–H and O–H groups in total. The van der Waals surface area contributed by atoms with Gasteiger partial charge in [-0.3, -0.25) is 14.5 Å². The van der Waals surface area contributed by atoms with E-state index in [-0.39, 0.29) is 34.8 Å². The SMILES string of the molecule is COc1cc(/C=C2\SC(=O)N(CCOc3ccc(Cl)cc3)C2=O)c(Br)c(Br)c1O. The normalized spacial score (nSPS) is 15.3. The predicted molar refractivity (Wildman–Crippen MR) is 120 cm³/mol. The smallest absolute Gasteiger partial charge is 0.293 e. The van der Waals surface area contributed by atoms with Gasteiger partial charge in [0.1, 0.15) is 12.4 Å². The van der Waals surface area contributed by atoms with E-state index in [0.29, 0.717) is 25.3 Å². The van der Waals surface area contributed by atoms with Crippen LogP contribution in [-0.4, -0.2) is 41.4 Å². The number of aromatic hydroxyl groups is 1. The Hall–Kier alpha value is -1.68. The highest BCUT2D eigenvalue weighted by atomic mass is 79.9. The molecule has 1 heterocycles. The van der Waals surface area contributed by atoms with Crippen molar-refractivity contribution in [2.45, 2.75) is 0 Å². The van der Waals surface area contributed by atoms with E-state index in [1.807, 2.05) is 0 Å². The van der Waals surface area contributed by atoms with Crippen LogP contribution in [0.4, 0.5) is 4.79 Å². The molecule has 1 fully saturated rings. The summed E-state index contributed by atoms with van der Waals surface area (Å²) in [5.74, 6) is 0.363. The first-order valence-electron chi connectivity index (χ1n) is 8.20. The molecule has 152 valence electrons. The van der Waals surface area contributed by atoms with Crippen molar-refractivity contribution in [3.8, 4) is 17.2 Å². The summed E-state index contributed by atoms with van der Waals surface area (Å²) in [6.45, 7) is 0.281. The molecule has 0 bridgehead atoms. The fraction of sp³-hybridized carbons (Fsp3) is 0.158. The zero-order valence-corrected chi connectivity index (χ0v) is 19.7. The Balaban J connectivity index is 1.73. The van der Waals surface area contributed by atoms with Gasteiger partial charge < -0.3 is 14.6 Å². The first kappa shape index (κ1) is 22.0. The van der Waals surface area contributed by atoms with Crippen molar-refractivity contribution in [1.29, 1.82) is 0 Å². The molecular weight excluding hydrogens is 550 g/mol. The number of rotatable bonds is 6. The van der Waals surface area contributed by atoms with Gasteiger partial charge in [0, 0.05) is 9.50 Å². The molecule has 1 saturated heterocycles. The Bertz CT molecular complexity index is 997. The van der Waals surface area contributed by atoms with Crippen molar-refractivity contribution in [3.05, 3.63) is 54.8 Å². The lowest BCUT2D eigenvalue weighted by atomic mass is 10.2. The van der Waals surface area contributed by atoms with Gasteiger partial charge in [0.15, 0.2) is 11.5 Å². The number of ether oxygens (including phenoxy) is 2. The van der Waals surface area contributed by atoms with Crippen LogP contribution >= 0.6 is 55.2 Å². The van der Waals surface area contributed by atoms with Crippen molar-refractivity contribution >= 4 is 72.4 Å². The number of phenolic OH excluding ortho intramolecular Hbond substituents is 1. The Labute approximate surface area is 193 Å². The van der Waals surface area contributed by atoms with Crippen LogP contribution in [0.1, 0.15) is 5.56 Å². The second-order valence-electron chi connectivity index (χ2n) is 5.78. The molecular formula is C19H14Br2ClNO5S. The van der Waals surface area contributed by atoms with E-state index in [1.165, 1.54) is 7.11 Å². The summed E-state index contributed by atoms with van der Waals surface area (Å²) in [6.07, 6.45) is 1.57. The lowest BCUT2D eigenvalue weighted by Crippen LogP contribution is -2.32. The van der Waals surface area contributed by atoms with Crippen molar-refractivity contribution in [3.63, 3.8) is 0 Å². The third-order valence-corrected chi connectivity index (χ3v) is 7.27. The molecule has 3 rings (SSSR count). The number of benzene rings is 2. The van der Waals surface area contributed by atoms with E-state index >= 15 is 0 Å². The molecule has 0 spiro atoms. The van der Waals surface area contributed by atoms with Crippen molar-refractivity contribution < 1.29 is 24.2 Å². The number of phenols is 1. The van der Waals surface area contributed by atoms with Crippen LogP contribution in [0.25, 0.3) is 6.08 Å². The highest BCUT2D eigenvalue weighted by molar-refractivity contribution is 9.13. The third-order valence-electron chi connectivity index (χ3n) is 3.95. The Morgan fingerprint density at radius 3 is 2.55 bits per heavy atom. The van der Waals surface area contributed by atoms with Crippen LogP contribution in [0.2, 0.25) is 5.02 Å². The number of methoxy groups -OCH3 is 1. The zero-order chi connectivity index (χ0) is 21.1. The summed E-state index contributed by atoms with van der Waals surface area (Å²) in [7, 11) is 1.42. The number of nitrogens with zero attached hydrogens (tertiary/aromatic N) is 1.